The summed E-state index contributed by atoms with van der Waals surface area (Å²) in [6.45, 7) is 22.4. The molecule has 6 aromatic heterocycles. The zero-order valence-corrected chi connectivity index (χ0v) is 42.9. The highest BCUT2D eigenvalue weighted by Crippen LogP contribution is 2.33. The highest BCUT2D eigenvalue weighted by molar-refractivity contribution is 6.80. The third-order valence-corrected chi connectivity index (χ3v) is 14.5. The number of hydrogen-bond acceptors (Lipinski definition) is 6. The molecule has 12 rings (SSSR count). The zero-order chi connectivity index (χ0) is 49.3. The Morgan fingerprint density at radius 1 is 0.429 bits per heavy atom. The molecule has 0 atom stereocenters. The van der Waals surface area contributed by atoms with Crippen molar-refractivity contribution in [1.29, 1.82) is 0 Å². The van der Waals surface area contributed by atoms with Crippen LogP contribution >= 0.6 is 0 Å². The van der Waals surface area contributed by atoms with Gasteiger partial charge >= 0.3 is 20.5 Å². The van der Waals surface area contributed by atoms with Crippen molar-refractivity contribution in [2.75, 3.05) is 14.4 Å². The summed E-state index contributed by atoms with van der Waals surface area (Å²) in [5.41, 5.74) is 16.5. The molecule has 0 saturated carbocycles. The van der Waals surface area contributed by atoms with Gasteiger partial charge in [-0.25, -0.2) is 13.7 Å². The smallest absolute Gasteiger partial charge is 0.447 e. The number of aromatic nitrogens is 3. The maximum atomic E-state index is 6.20. The van der Waals surface area contributed by atoms with E-state index in [9.17, 15) is 0 Å². The van der Waals surface area contributed by atoms with Crippen LogP contribution in [0.3, 0.4) is 0 Å². The molecule has 9 nitrogen and oxygen atoms in total. The standard InChI is InChI=1S/C20H22BN2O.2C19H20BN2O/c1-13-10-19(22(5)12-14(13)2)23-15(3)11-17-16-8-6-7-9-18(16)24-20(17)21(23)4;1-13-9-10-18(21(4)12-13)22-14(2)11-17-19(20(22)3)15-7-5-6-8-16(15)23-17;1-13-9-10-21(4)18(11-13)22-14(2)12-17-19(20(22)3)15-7-5-6-8-16(15)23-17/h6-12H,1-5H3;2*5-12H,1-4H3/q3*+1. The van der Waals surface area contributed by atoms with Crippen LogP contribution in [-0.2, 0) is 21.1 Å². The largest absolute Gasteiger partial charge is 0.465 e. The molecular weight excluding hydrogens is 861 g/mol. The number of furan rings is 3. The van der Waals surface area contributed by atoms with Gasteiger partial charge in [0.25, 0.3) is 17.5 Å². The van der Waals surface area contributed by atoms with E-state index in [1.807, 2.05) is 36.4 Å². The number of rotatable bonds is 3. The number of allylic oxidation sites excluding steroid dienone is 3. The first-order chi connectivity index (χ1) is 33.6. The summed E-state index contributed by atoms with van der Waals surface area (Å²) in [6.07, 6.45) is 13.0. The summed E-state index contributed by atoms with van der Waals surface area (Å²) in [5.74, 6) is 5.55. The fourth-order valence-electron chi connectivity index (χ4n) is 11.0. The second kappa shape index (κ2) is 18.1. The number of anilines is 3. The normalized spacial score (nSPS) is 14.2. The summed E-state index contributed by atoms with van der Waals surface area (Å²) < 4.78 is 24.9. The van der Waals surface area contributed by atoms with Gasteiger partial charge in [0.15, 0.2) is 0 Å². The number of pyridine rings is 3. The van der Waals surface area contributed by atoms with Gasteiger partial charge in [0.05, 0.1) is 56.8 Å². The van der Waals surface area contributed by atoms with Crippen molar-refractivity contribution in [3.8, 4) is 0 Å². The summed E-state index contributed by atoms with van der Waals surface area (Å²) in [5, 5.41) is 3.61. The maximum absolute atomic E-state index is 6.20. The fraction of sp³-hybridized carbons (Fsp3) is 0.224. The molecule has 0 N–H and O–H groups in total. The van der Waals surface area contributed by atoms with E-state index in [-0.39, 0.29) is 20.5 Å². The molecule has 3 aliphatic rings. The second-order valence-electron chi connectivity index (χ2n) is 19.6. The number of nitrogens with zero attached hydrogens (tertiary/aromatic N) is 6. The highest BCUT2D eigenvalue weighted by Gasteiger charge is 2.43. The van der Waals surface area contributed by atoms with Crippen molar-refractivity contribution >= 4 is 106 Å². The van der Waals surface area contributed by atoms with Crippen molar-refractivity contribution < 1.29 is 27.0 Å². The van der Waals surface area contributed by atoms with Crippen LogP contribution in [0.2, 0.25) is 20.5 Å². The number of hydrogen-bond donors (Lipinski definition) is 0. The third-order valence-electron chi connectivity index (χ3n) is 14.5. The minimum atomic E-state index is 0.158. The molecule has 348 valence electrons. The molecule has 0 aliphatic carbocycles. The highest BCUT2D eigenvalue weighted by atomic mass is 16.3. The molecule has 0 spiro atoms. The molecular formula is C58H62B3N6O3+3. The van der Waals surface area contributed by atoms with Crippen LogP contribution in [0.25, 0.3) is 51.1 Å². The molecule has 0 amide bonds. The van der Waals surface area contributed by atoms with Crippen LogP contribution in [0.5, 0.6) is 0 Å². The molecule has 70 heavy (non-hydrogen) atoms. The van der Waals surface area contributed by atoms with Crippen LogP contribution < -0.4 is 44.7 Å². The summed E-state index contributed by atoms with van der Waals surface area (Å²) >= 11 is 0. The van der Waals surface area contributed by atoms with Crippen molar-refractivity contribution in [2.24, 2.45) is 21.1 Å². The minimum absolute atomic E-state index is 0.158. The van der Waals surface area contributed by atoms with Crippen LogP contribution in [0.1, 0.15) is 60.1 Å². The predicted molar refractivity (Wildman–Crippen MR) is 293 cm³/mol. The molecule has 12 heteroatoms. The van der Waals surface area contributed by atoms with Gasteiger partial charge in [-0.1, -0.05) is 54.6 Å². The summed E-state index contributed by atoms with van der Waals surface area (Å²) in [7, 11) is 6.30. The first-order valence-electron chi connectivity index (χ1n) is 24.5. The lowest BCUT2D eigenvalue weighted by Crippen LogP contribution is -2.52. The van der Waals surface area contributed by atoms with E-state index in [1.165, 1.54) is 89.4 Å². The van der Waals surface area contributed by atoms with Crippen LogP contribution in [0, 0.1) is 27.7 Å². The van der Waals surface area contributed by atoms with Crippen molar-refractivity contribution in [3.05, 3.63) is 178 Å². The van der Waals surface area contributed by atoms with Gasteiger partial charge in [-0.15, -0.1) is 0 Å². The topological polar surface area (TPSA) is 60.8 Å². The molecule has 0 bridgehead atoms. The predicted octanol–water partition coefficient (Wildman–Crippen LogP) is 10.1. The van der Waals surface area contributed by atoms with Gasteiger partial charge in [-0.3, -0.25) is 14.4 Å². The lowest BCUT2D eigenvalue weighted by Gasteiger charge is -2.26. The summed E-state index contributed by atoms with van der Waals surface area (Å²) in [6, 6.07) is 35.9. The van der Waals surface area contributed by atoms with E-state index in [0.29, 0.717) is 0 Å². The maximum Gasteiger partial charge on any atom is 0.447 e. The second-order valence-corrected chi connectivity index (χ2v) is 19.6. The van der Waals surface area contributed by atoms with Crippen molar-refractivity contribution in [2.45, 2.75) is 68.9 Å². The van der Waals surface area contributed by atoms with E-state index in [1.54, 1.807) is 0 Å². The Morgan fingerprint density at radius 3 is 1.50 bits per heavy atom. The Balaban J connectivity index is 0.000000122. The van der Waals surface area contributed by atoms with Gasteiger partial charge in [-0.2, -0.15) is 0 Å². The Morgan fingerprint density at radius 2 is 0.914 bits per heavy atom. The zero-order valence-electron chi connectivity index (χ0n) is 42.9. The summed E-state index contributed by atoms with van der Waals surface area (Å²) in [4.78, 5) is 7.12. The van der Waals surface area contributed by atoms with Gasteiger partial charge < -0.3 is 13.3 Å². The van der Waals surface area contributed by atoms with E-state index >= 15 is 0 Å². The van der Waals surface area contributed by atoms with Gasteiger partial charge in [0.1, 0.15) is 33.9 Å². The molecule has 0 saturated heterocycles. The molecule has 3 aromatic carbocycles. The average molecular weight is 924 g/mol. The van der Waals surface area contributed by atoms with Crippen LogP contribution in [0.4, 0.5) is 17.5 Å². The van der Waals surface area contributed by atoms with Crippen molar-refractivity contribution in [1.82, 2.24) is 0 Å². The average Bonchev–Trinajstić information content (AvgIpc) is 4.01. The third kappa shape index (κ3) is 8.03. The first-order valence-corrected chi connectivity index (χ1v) is 24.5. The first kappa shape index (κ1) is 46.3. The molecule has 9 aromatic rings. The Bertz CT molecular complexity index is 3620. The van der Waals surface area contributed by atoms with Gasteiger partial charge in [0, 0.05) is 63.0 Å². The lowest BCUT2D eigenvalue weighted by molar-refractivity contribution is -0.658. The van der Waals surface area contributed by atoms with Crippen LogP contribution in [-0.4, -0.2) is 20.5 Å². The molecule has 9 heterocycles. The van der Waals surface area contributed by atoms with E-state index in [4.69, 9.17) is 13.3 Å². The molecule has 3 aliphatic heterocycles. The number of para-hydroxylation sites is 3. The van der Waals surface area contributed by atoms with Crippen molar-refractivity contribution in [3.63, 3.8) is 0 Å². The number of benzene rings is 3. The van der Waals surface area contributed by atoms with Crippen LogP contribution in [0.15, 0.2) is 152 Å². The van der Waals surface area contributed by atoms with E-state index in [2.05, 4.69) is 222 Å². The SMILES string of the molecule is CB1c2c(oc3ccccc23)C=C(C)N1c1cc(C)cc[n+]1C.CB1c2c(oc3ccccc23)C=C(C)N1c1ccc(C)c[n+]1C.CB1c2oc3ccccc3c2C=C(C)N1c1cc(C)c(C)c[n+]1C. The molecule has 0 fully saturated rings. The Labute approximate surface area is 413 Å². The van der Waals surface area contributed by atoms with Gasteiger partial charge in [0.2, 0.25) is 0 Å². The Hall–Kier alpha value is -7.46. The van der Waals surface area contributed by atoms with E-state index in [0.717, 1.165) is 33.9 Å². The monoisotopic (exact) mass is 924 g/mol. The quantitative estimate of drug-likeness (QED) is 0.130. The minimum Gasteiger partial charge on any atom is -0.465 e. The Kier molecular flexibility index (Phi) is 12.0. The van der Waals surface area contributed by atoms with E-state index < -0.39 is 0 Å². The van der Waals surface area contributed by atoms with Gasteiger partial charge in [-0.05, 0) is 128 Å². The molecule has 0 radical (unpaired) electrons. The lowest BCUT2D eigenvalue weighted by atomic mass is 9.53. The fourth-order valence-corrected chi connectivity index (χ4v) is 11.0. The molecule has 0 unspecified atom stereocenters. The number of aryl methyl sites for hydroxylation is 7. The number of fused-ring (bicyclic) bond motifs is 9.